The molecule has 1 heterocycles. The first-order chi connectivity index (χ1) is 6.86. The molecule has 2 aliphatic rings. The molecule has 2 fully saturated rings. The Balaban J connectivity index is 1.78. The SMILES string of the molecule is CC(C)(C)OC(=O)N1CC2(C[C@H]2CBr)C1. The van der Waals surface area contributed by atoms with Gasteiger partial charge in [0.2, 0.25) is 0 Å². The Labute approximate surface area is 99.3 Å². The number of ether oxygens (including phenoxy) is 1. The lowest BCUT2D eigenvalue weighted by molar-refractivity contribution is -0.00854. The molecule has 0 aromatic rings. The quantitative estimate of drug-likeness (QED) is 0.689. The van der Waals surface area contributed by atoms with Crippen molar-refractivity contribution in [1.29, 1.82) is 0 Å². The molecule has 0 aromatic carbocycles. The molecule has 1 atom stereocenters. The number of likely N-dealkylation sites (tertiary alicyclic amines) is 1. The van der Waals surface area contributed by atoms with Gasteiger partial charge in [-0.2, -0.15) is 0 Å². The summed E-state index contributed by atoms with van der Waals surface area (Å²) in [6, 6.07) is 0. The third-order valence-electron chi connectivity index (χ3n) is 3.21. The standard InChI is InChI=1S/C11H18BrNO2/c1-10(2,3)15-9(14)13-6-11(7-13)4-8(11)5-12/h8H,4-7H2,1-3H3/t8-/m0/s1. The van der Waals surface area contributed by atoms with Gasteiger partial charge in [0.05, 0.1) is 0 Å². The fraction of sp³-hybridized carbons (Fsp3) is 0.909. The van der Waals surface area contributed by atoms with E-state index in [0.29, 0.717) is 5.41 Å². The Morgan fingerprint density at radius 1 is 1.53 bits per heavy atom. The van der Waals surface area contributed by atoms with Crippen LogP contribution in [-0.4, -0.2) is 35.0 Å². The highest BCUT2D eigenvalue weighted by molar-refractivity contribution is 9.09. The molecule has 86 valence electrons. The first kappa shape index (κ1) is 11.2. The molecule has 1 aliphatic carbocycles. The molecule has 0 bridgehead atoms. The first-order valence-electron chi connectivity index (χ1n) is 5.40. The Bertz CT molecular complexity index is 279. The maximum Gasteiger partial charge on any atom is 0.410 e. The summed E-state index contributed by atoms with van der Waals surface area (Å²) in [5, 5.41) is 1.06. The predicted molar refractivity (Wildman–Crippen MR) is 62.1 cm³/mol. The number of carbonyl (C=O) groups excluding carboxylic acids is 1. The molecule has 0 radical (unpaired) electrons. The van der Waals surface area contributed by atoms with Gasteiger partial charge in [-0.25, -0.2) is 4.79 Å². The second-order valence-corrected chi connectivity index (χ2v) is 6.40. The van der Waals surface area contributed by atoms with Crippen LogP contribution in [0, 0.1) is 11.3 Å². The minimum absolute atomic E-state index is 0.159. The number of alkyl halides is 1. The zero-order valence-corrected chi connectivity index (χ0v) is 11.1. The summed E-state index contributed by atoms with van der Waals surface area (Å²) in [5.74, 6) is 0.774. The number of amides is 1. The van der Waals surface area contributed by atoms with Gasteiger partial charge in [0, 0.05) is 23.8 Å². The lowest BCUT2D eigenvalue weighted by Crippen LogP contribution is -2.53. The van der Waals surface area contributed by atoms with Gasteiger partial charge >= 0.3 is 6.09 Å². The molecule has 0 N–H and O–H groups in total. The molecule has 4 heteroatoms. The number of rotatable bonds is 1. The van der Waals surface area contributed by atoms with E-state index >= 15 is 0 Å². The topological polar surface area (TPSA) is 29.5 Å². The number of hydrogen-bond donors (Lipinski definition) is 0. The van der Waals surface area contributed by atoms with Gasteiger partial charge in [0.25, 0.3) is 0 Å². The molecule has 3 nitrogen and oxygen atoms in total. The summed E-state index contributed by atoms with van der Waals surface area (Å²) in [6.45, 7) is 7.48. The van der Waals surface area contributed by atoms with E-state index in [2.05, 4.69) is 15.9 Å². The summed E-state index contributed by atoms with van der Waals surface area (Å²) >= 11 is 3.50. The molecule has 0 aromatic heterocycles. The van der Waals surface area contributed by atoms with Crippen molar-refractivity contribution in [3.05, 3.63) is 0 Å². The van der Waals surface area contributed by atoms with Crippen molar-refractivity contribution in [2.45, 2.75) is 32.8 Å². The summed E-state index contributed by atoms with van der Waals surface area (Å²) < 4.78 is 5.31. The summed E-state index contributed by atoms with van der Waals surface area (Å²) in [5.41, 5.74) is 0.0681. The molecule has 1 saturated heterocycles. The molecule has 1 aliphatic heterocycles. The summed E-state index contributed by atoms with van der Waals surface area (Å²) in [7, 11) is 0. The number of carbonyl (C=O) groups is 1. The average Bonchev–Trinajstić information content (AvgIpc) is 2.71. The van der Waals surface area contributed by atoms with Crippen LogP contribution >= 0.6 is 15.9 Å². The molecule has 1 saturated carbocycles. The van der Waals surface area contributed by atoms with E-state index in [1.54, 1.807) is 0 Å². The van der Waals surface area contributed by atoms with Crippen LogP contribution in [0.25, 0.3) is 0 Å². The van der Waals surface area contributed by atoms with Gasteiger partial charge < -0.3 is 9.64 Å². The maximum absolute atomic E-state index is 11.6. The van der Waals surface area contributed by atoms with Crippen LogP contribution in [0.3, 0.4) is 0 Å². The fourth-order valence-corrected chi connectivity index (χ4v) is 3.12. The van der Waals surface area contributed by atoms with E-state index in [4.69, 9.17) is 4.74 Å². The summed E-state index contributed by atoms with van der Waals surface area (Å²) in [6.07, 6.45) is 1.10. The Kier molecular flexibility index (Phi) is 2.53. The average molecular weight is 276 g/mol. The zero-order valence-electron chi connectivity index (χ0n) is 9.55. The smallest absolute Gasteiger partial charge is 0.410 e. The molecular weight excluding hydrogens is 258 g/mol. The minimum atomic E-state index is -0.377. The van der Waals surface area contributed by atoms with Gasteiger partial charge in [-0.15, -0.1) is 0 Å². The van der Waals surface area contributed by atoms with Crippen LogP contribution in [0.5, 0.6) is 0 Å². The Hall–Kier alpha value is -0.250. The Morgan fingerprint density at radius 2 is 2.13 bits per heavy atom. The van der Waals surface area contributed by atoms with Crippen molar-refractivity contribution in [2.75, 3.05) is 18.4 Å². The van der Waals surface area contributed by atoms with Crippen LogP contribution in [0.15, 0.2) is 0 Å². The second-order valence-electron chi connectivity index (χ2n) is 5.75. The van der Waals surface area contributed by atoms with Crippen molar-refractivity contribution >= 4 is 22.0 Å². The van der Waals surface area contributed by atoms with Gasteiger partial charge in [0.15, 0.2) is 0 Å². The molecule has 15 heavy (non-hydrogen) atoms. The number of hydrogen-bond acceptors (Lipinski definition) is 2. The third-order valence-corrected chi connectivity index (χ3v) is 3.99. The van der Waals surface area contributed by atoms with Crippen molar-refractivity contribution in [1.82, 2.24) is 4.90 Å². The van der Waals surface area contributed by atoms with Crippen molar-refractivity contribution in [2.24, 2.45) is 11.3 Å². The van der Waals surface area contributed by atoms with Crippen LogP contribution in [0.1, 0.15) is 27.2 Å². The highest BCUT2D eigenvalue weighted by Gasteiger charge is 2.62. The lowest BCUT2D eigenvalue weighted by Gasteiger charge is -2.41. The minimum Gasteiger partial charge on any atom is -0.444 e. The van der Waals surface area contributed by atoms with Crippen LogP contribution in [0.4, 0.5) is 4.79 Å². The normalized spacial score (nSPS) is 27.5. The van der Waals surface area contributed by atoms with E-state index in [0.717, 1.165) is 24.3 Å². The second kappa shape index (κ2) is 3.37. The first-order valence-corrected chi connectivity index (χ1v) is 6.52. The van der Waals surface area contributed by atoms with E-state index in [-0.39, 0.29) is 11.7 Å². The monoisotopic (exact) mass is 275 g/mol. The maximum atomic E-state index is 11.6. The van der Waals surface area contributed by atoms with Gasteiger partial charge in [0.1, 0.15) is 5.60 Å². The van der Waals surface area contributed by atoms with Gasteiger partial charge in [-0.05, 0) is 33.1 Å². The van der Waals surface area contributed by atoms with Crippen LogP contribution < -0.4 is 0 Å². The van der Waals surface area contributed by atoms with E-state index in [1.165, 1.54) is 6.42 Å². The molecule has 2 rings (SSSR count). The zero-order chi connectivity index (χ0) is 11.3. The van der Waals surface area contributed by atoms with Crippen molar-refractivity contribution < 1.29 is 9.53 Å². The number of nitrogens with zero attached hydrogens (tertiary/aromatic N) is 1. The lowest BCUT2D eigenvalue weighted by atomic mass is 9.95. The number of halogens is 1. The largest absolute Gasteiger partial charge is 0.444 e. The van der Waals surface area contributed by atoms with E-state index < -0.39 is 0 Å². The molecular formula is C11H18BrNO2. The van der Waals surface area contributed by atoms with Crippen molar-refractivity contribution in [3.8, 4) is 0 Å². The highest BCUT2D eigenvalue weighted by Crippen LogP contribution is 2.59. The molecule has 1 amide bonds. The molecule has 1 spiro atoms. The van der Waals surface area contributed by atoms with Gasteiger partial charge in [-0.3, -0.25) is 0 Å². The molecule has 0 unspecified atom stereocenters. The summed E-state index contributed by atoms with van der Waals surface area (Å²) in [4.78, 5) is 13.5. The fourth-order valence-electron chi connectivity index (χ4n) is 2.21. The Morgan fingerprint density at radius 3 is 2.53 bits per heavy atom. The van der Waals surface area contributed by atoms with E-state index in [9.17, 15) is 4.79 Å². The third kappa shape index (κ3) is 2.14. The van der Waals surface area contributed by atoms with Gasteiger partial charge in [-0.1, -0.05) is 15.9 Å². The van der Waals surface area contributed by atoms with E-state index in [1.807, 2.05) is 25.7 Å². The van der Waals surface area contributed by atoms with Crippen molar-refractivity contribution in [3.63, 3.8) is 0 Å². The van der Waals surface area contributed by atoms with Crippen LogP contribution in [0.2, 0.25) is 0 Å². The highest BCUT2D eigenvalue weighted by atomic mass is 79.9. The predicted octanol–water partition coefficient (Wildman–Crippen LogP) is 2.64. The van der Waals surface area contributed by atoms with Crippen LogP contribution in [-0.2, 0) is 4.74 Å².